The van der Waals surface area contributed by atoms with Gasteiger partial charge in [0.1, 0.15) is 29.9 Å². The van der Waals surface area contributed by atoms with Crippen molar-refractivity contribution in [2.24, 2.45) is 22.2 Å². The van der Waals surface area contributed by atoms with E-state index in [-0.39, 0.29) is 62.8 Å². The van der Waals surface area contributed by atoms with Gasteiger partial charge in [0.25, 0.3) is 5.91 Å². The molecule has 386 valence electrons. The molecule has 0 spiro atoms. The summed E-state index contributed by atoms with van der Waals surface area (Å²) in [5, 5.41) is 31.8. The first-order valence-corrected chi connectivity index (χ1v) is 25.1. The topological polar surface area (TPSA) is 318 Å². The zero-order valence-electron chi connectivity index (χ0n) is 40.7. The lowest BCUT2D eigenvalue weighted by atomic mass is 10.00. The molecule has 20 nitrogen and oxygen atoms in total. The molecule has 1 heterocycles. The first-order chi connectivity index (χ1) is 34.6. The third-order valence-electron chi connectivity index (χ3n) is 12.3. The van der Waals surface area contributed by atoms with Crippen LogP contribution in [-0.4, -0.2) is 128 Å². The zero-order valence-corrected chi connectivity index (χ0v) is 42.8. The number of phenols is 1. The van der Waals surface area contributed by atoms with Crippen LogP contribution in [0.1, 0.15) is 72.0 Å². The van der Waals surface area contributed by atoms with Gasteiger partial charge >= 0.3 is 0 Å². The van der Waals surface area contributed by atoms with Crippen LogP contribution in [0.15, 0.2) is 89.9 Å². The normalized spacial score (nSPS) is 18.7. The van der Waals surface area contributed by atoms with Crippen molar-refractivity contribution in [2.45, 2.75) is 94.5 Å². The molecule has 4 aromatic carbocycles. The van der Waals surface area contributed by atoms with Crippen molar-refractivity contribution in [3.63, 3.8) is 0 Å². The van der Waals surface area contributed by atoms with E-state index in [0.717, 1.165) is 34.7 Å². The van der Waals surface area contributed by atoms with Crippen molar-refractivity contribution < 1.29 is 38.7 Å². The number of unbranched alkanes of at least 4 members (excludes halogenated alkanes) is 1. The molecule has 1 fully saturated rings. The third kappa shape index (κ3) is 17.2. The van der Waals surface area contributed by atoms with E-state index in [1.54, 1.807) is 36.4 Å². The van der Waals surface area contributed by atoms with Crippen molar-refractivity contribution in [1.82, 2.24) is 42.1 Å². The summed E-state index contributed by atoms with van der Waals surface area (Å²) < 4.78 is 0.511. The average Bonchev–Trinajstić information content (AvgIpc) is 3.37. The number of nitrogens with one attached hydrogen (secondary N) is 7. The quantitative estimate of drug-likeness (QED) is 0.0255. The standard InChI is InChI=1S/C51H67IN12O8/c1-56-51(55)58-24-7-12-39-48(70)63-40(27-32-16-18-34-9-3-4-10-36(34)25-32)47(69)60-30-44(66)61-41(28-33-17-21-43(65)37(52)26-33)50(72)64(2)42(49(71)62-39)13-8-23-57-45(67)35-19-14-31(15-20-35)29-59-46(68)38(54)11-5-6-22-53/h3-4,9-10,14-21,25-26,38-42,65H,5-8,11-13,22-24,27-30,53-54H2,1-2H3,(H,57,67)(H,59,68)(H,60,69)(H,61,66)(H,62,71)(H,63,70)(H3,55,56,58)/t38?,39-,40-,41+,42+/m0/s1. The Kier molecular flexibility index (Phi) is 22.0. The van der Waals surface area contributed by atoms with Crippen LogP contribution in [0.3, 0.4) is 0 Å². The van der Waals surface area contributed by atoms with Gasteiger partial charge < -0.3 is 64.4 Å². The molecule has 5 rings (SSSR count). The summed E-state index contributed by atoms with van der Waals surface area (Å²) in [7, 11) is 2.95. The van der Waals surface area contributed by atoms with Crippen molar-refractivity contribution >= 4 is 80.7 Å². The number of aromatic hydroxyl groups is 1. The molecule has 72 heavy (non-hydrogen) atoms. The molecule has 1 saturated heterocycles. The molecule has 1 aliphatic rings. The molecule has 0 aliphatic carbocycles. The van der Waals surface area contributed by atoms with E-state index in [2.05, 4.69) is 42.2 Å². The maximum atomic E-state index is 14.6. The lowest BCUT2D eigenvalue weighted by molar-refractivity contribution is -0.142. The fourth-order valence-corrected chi connectivity index (χ4v) is 8.68. The number of carbonyl (C=O) groups is 7. The fraction of sp³-hybridized carbons (Fsp3) is 0.412. The number of aliphatic imine (C=N–C) groups is 1. The van der Waals surface area contributed by atoms with Crippen LogP contribution in [0.25, 0.3) is 10.8 Å². The van der Waals surface area contributed by atoms with Crippen molar-refractivity contribution in [2.75, 3.05) is 40.3 Å². The Bertz CT molecular complexity index is 2560. The minimum absolute atomic E-state index is 0.0170. The van der Waals surface area contributed by atoms with E-state index >= 15 is 0 Å². The second kappa shape index (κ2) is 28.3. The van der Waals surface area contributed by atoms with Gasteiger partial charge in [-0.05, 0) is 119 Å². The Balaban J connectivity index is 1.38. The minimum Gasteiger partial charge on any atom is -0.507 e. The predicted octanol–water partition coefficient (Wildman–Crippen LogP) is 0.943. The number of nitrogens with zero attached hydrogens (tertiary/aromatic N) is 2. The van der Waals surface area contributed by atoms with Crippen molar-refractivity contribution in [3.05, 3.63) is 111 Å². The van der Waals surface area contributed by atoms with Crippen LogP contribution in [0.4, 0.5) is 0 Å². The fourth-order valence-electron chi connectivity index (χ4n) is 8.10. The molecule has 0 bridgehead atoms. The van der Waals surface area contributed by atoms with Crippen LogP contribution >= 0.6 is 22.6 Å². The Labute approximate surface area is 433 Å². The molecule has 14 N–H and O–H groups in total. The highest BCUT2D eigenvalue weighted by Crippen LogP contribution is 2.22. The van der Waals surface area contributed by atoms with E-state index < -0.39 is 72.2 Å². The number of nitrogens with two attached hydrogens (primary N) is 3. The van der Waals surface area contributed by atoms with E-state index in [0.29, 0.717) is 40.6 Å². The summed E-state index contributed by atoms with van der Waals surface area (Å²) in [4.78, 5) is 102. The number of amides is 7. The molecule has 1 aliphatic heterocycles. The highest BCUT2D eigenvalue weighted by atomic mass is 127. The summed E-state index contributed by atoms with van der Waals surface area (Å²) in [5.74, 6) is -3.83. The molecule has 0 aromatic heterocycles. The molecular weight excluding hydrogens is 1040 g/mol. The van der Waals surface area contributed by atoms with Crippen LogP contribution in [0, 0.1) is 3.57 Å². The van der Waals surface area contributed by atoms with Crippen molar-refractivity contribution in [1.29, 1.82) is 0 Å². The van der Waals surface area contributed by atoms with E-state index in [1.165, 1.54) is 25.1 Å². The summed E-state index contributed by atoms with van der Waals surface area (Å²) >= 11 is 1.95. The number of benzene rings is 4. The van der Waals surface area contributed by atoms with Crippen LogP contribution in [-0.2, 0) is 48.2 Å². The number of fused-ring (bicyclic) bond motifs is 1. The number of phenolic OH excluding ortho intramolecular Hbond substituents is 1. The largest absolute Gasteiger partial charge is 0.507 e. The predicted molar refractivity (Wildman–Crippen MR) is 283 cm³/mol. The zero-order chi connectivity index (χ0) is 52.2. The van der Waals surface area contributed by atoms with Crippen LogP contribution in [0.2, 0.25) is 0 Å². The number of likely N-dealkylation sites (N-methyl/N-ethyl adjacent to an activating group) is 1. The second-order valence-electron chi connectivity index (χ2n) is 17.7. The Morgan fingerprint density at radius 3 is 2.14 bits per heavy atom. The average molecular weight is 1100 g/mol. The lowest BCUT2D eigenvalue weighted by Gasteiger charge is -2.32. The van der Waals surface area contributed by atoms with Gasteiger partial charge in [0.05, 0.1) is 16.2 Å². The van der Waals surface area contributed by atoms with Gasteiger partial charge in [-0.3, -0.25) is 38.6 Å². The lowest BCUT2D eigenvalue weighted by Crippen LogP contribution is -2.58. The van der Waals surface area contributed by atoms with E-state index in [4.69, 9.17) is 17.2 Å². The number of guanidine groups is 1. The first-order valence-electron chi connectivity index (χ1n) is 24.0. The van der Waals surface area contributed by atoms with Gasteiger partial charge in [-0.15, -0.1) is 0 Å². The molecule has 21 heteroatoms. The number of hydrogen-bond donors (Lipinski definition) is 11. The summed E-state index contributed by atoms with van der Waals surface area (Å²) in [6.45, 7) is 0.604. The van der Waals surface area contributed by atoms with Crippen LogP contribution in [0.5, 0.6) is 5.75 Å². The highest BCUT2D eigenvalue weighted by molar-refractivity contribution is 14.1. The van der Waals surface area contributed by atoms with Gasteiger partial charge in [-0.1, -0.05) is 67.1 Å². The van der Waals surface area contributed by atoms with Gasteiger partial charge in [-0.25, -0.2) is 0 Å². The summed E-state index contributed by atoms with van der Waals surface area (Å²) in [6.07, 6.45) is 2.69. The Hall–Kier alpha value is -6.85. The van der Waals surface area contributed by atoms with E-state index in [1.807, 2.05) is 65.1 Å². The molecule has 0 saturated carbocycles. The highest BCUT2D eigenvalue weighted by Gasteiger charge is 2.36. The second-order valence-corrected chi connectivity index (χ2v) is 18.8. The van der Waals surface area contributed by atoms with Gasteiger partial charge in [0, 0.05) is 52.1 Å². The molecule has 5 atom stereocenters. The number of rotatable bonds is 20. The van der Waals surface area contributed by atoms with Gasteiger partial charge in [0.15, 0.2) is 5.96 Å². The molecular formula is C51H67IN12O8. The van der Waals surface area contributed by atoms with Gasteiger partial charge in [-0.2, -0.15) is 0 Å². The SMILES string of the molecule is CN=C(N)NCCC[C@@H]1NC(=O)[C@@H](CCCNC(=O)c2ccc(CNC(=O)C(N)CCCCN)cc2)N(C)C(=O)[C@@H](Cc2ccc(O)c(I)c2)NC(=O)CNC(=O)[C@H](Cc2ccc3ccccc3c2)NC1=O. The summed E-state index contributed by atoms with van der Waals surface area (Å²) in [5.41, 5.74) is 19.8. The Morgan fingerprint density at radius 1 is 0.764 bits per heavy atom. The third-order valence-corrected chi connectivity index (χ3v) is 13.2. The van der Waals surface area contributed by atoms with Crippen LogP contribution < -0.4 is 54.4 Å². The number of carbonyl (C=O) groups excluding carboxylic acids is 7. The first kappa shape index (κ1) is 56.1. The number of hydrogen-bond acceptors (Lipinski definition) is 11. The maximum absolute atomic E-state index is 14.6. The summed E-state index contributed by atoms with van der Waals surface area (Å²) in [6, 6.07) is 19.3. The number of halogens is 1. The molecule has 1 unspecified atom stereocenters. The molecule has 4 aromatic rings. The van der Waals surface area contributed by atoms with Crippen molar-refractivity contribution in [3.8, 4) is 5.75 Å². The maximum Gasteiger partial charge on any atom is 0.251 e. The minimum atomic E-state index is -1.24. The molecule has 0 radical (unpaired) electrons. The van der Waals surface area contributed by atoms with Gasteiger partial charge in [0.2, 0.25) is 35.4 Å². The molecule has 7 amide bonds. The van der Waals surface area contributed by atoms with E-state index in [9.17, 15) is 38.7 Å². The Morgan fingerprint density at radius 2 is 1.42 bits per heavy atom. The smallest absolute Gasteiger partial charge is 0.251 e. The monoisotopic (exact) mass is 1100 g/mol.